The molecular weight excluding hydrogens is 222 g/mol. The molecule has 0 spiro atoms. The molecule has 3 nitrogen and oxygen atoms in total. The second kappa shape index (κ2) is 5.04. The van der Waals surface area contributed by atoms with Crippen LogP contribution in [0, 0.1) is 19.8 Å². The van der Waals surface area contributed by atoms with E-state index in [0.717, 1.165) is 12.3 Å². The molecule has 3 heteroatoms. The average molecular weight is 249 g/mol. The molecule has 102 valence electrons. The summed E-state index contributed by atoms with van der Waals surface area (Å²) in [5.74, 6) is 0.743. The van der Waals surface area contributed by atoms with Crippen LogP contribution in [0.3, 0.4) is 0 Å². The molecule has 0 aromatic carbocycles. The molecule has 1 aromatic rings. The fourth-order valence-corrected chi connectivity index (χ4v) is 3.46. The van der Waals surface area contributed by atoms with Crippen molar-refractivity contribution in [2.24, 2.45) is 13.0 Å². The van der Waals surface area contributed by atoms with Crippen molar-refractivity contribution in [3.63, 3.8) is 0 Å². The molecule has 1 fully saturated rings. The molecule has 1 saturated heterocycles. The predicted octanol–water partition coefficient (Wildman–Crippen LogP) is 2.75. The Balaban J connectivity index is 2.23. The molecule has 1 unspecified atom stereocenters. The van der Waals surface area contributed by atoms with Gasteiger partial charge in [-0.15, -0.1) is 0 Å². The van der Waals surface area contributed by atoms with Gasteiger partial charge in [-0.1, -0.05) is 13.8 Å². The Kier molecular flexibility index (Phi) is 3.81. The third-order valence-corrected chi connectivity index (χ3v) is 4.31. The highest BCUT2D eigenvalue weighted by atomic mass is 15.3. The highest BCUT2D eigenvalue weighted by Crippen LogP contribution is 2.32. The Bertz CT molecular complexity index is 412. The Morgan fingerprint density at radius 3 is 2.56 bits per heavy atom. The van der Waals surface area contributed by atoms with Gasteiger partial charge in [0.15, 0.2) is 0 Å². The van der Waals surface area contributed by atoms with Crippen molar-refractivity contribution in [3.05, 3.63) is 17.0 Å². The zero-order chi connectivity index (χ0) is 13.3. The van der Waals surface area contributed by atoms with Crippen LogP contribution in [0.15, 0.2) is 0 Å². The van der Waals surface area contributed by atoms with Gasteiger partial charge in [0.1, 0.15) is 0 Å². The number of hydrogen-bond acceptors (Lipinski definition) is 2. The topological polar surface area (TPSA) is 29.9 Å². The lowest BCUT2D eigenvalue weighted by Gasteiger charge is -2.32. The molecule has 18 heavy (non-hydrogen) atoms. The van der Waals surface area contributed by atoms with Crippen molar-refractivity contribution < 1.29 is 0 Å². The molecule has 0 radical (unpaired) electrons. The highest BCUT2D eigenvalue weighted by Gasteiger charge is 2.35. The van der Waals surface area contributed by atoms with E-state index in [4.69, 9.17) is 0 Å². The molecule has 2 rings (SSSR count). The molecule has 0 saturated carbocycles. The third-order valence-electron chi connectivity index (χ3n) is 4.31. The Morgan fingerprint density at radius 2 is 2.11 bits per heavy atom. The van der Waals surface area contributed by atoms with Crippen molar-refractivity contribution in [2.75, 3.05) is 6.54 Å². The van der Waals surface area contributed by atoms with Crippen LogP contribution in [-0.2, 0) is 13.5 Å². The number of nitrogens with zero attached hydrogens (tertiary/aromatic N) is 2. The largest absolute Gasteiger partial charge is 0.311 e. The van der Waals surface area contributed by atoms with Gasteiger partial charge in [-0.2, -0.15) is 5.10 Å². The second-order valence-electron chi connectivity index (χ2n) is 6.36. The summed E-state index contributed by atoms with van der Waals surface area (Å²) in [5, 5.41) is 8.33. The molecule has 0 amide bonds. The summed E-state index contributed by atoms with van der Waals surface area (Å²) in [6, 6.07) is 0. The molecule has 2 heterocycles. The van der Waals surface area contributed by atoms with Gasteiger partial charge in [0.25, 0.3) is 0 Å². The van der Waals surface area contributed by atoms with Gasteiger partial charge in [-0.25, -0.2) is 0 Å². The lowest BCUT2D eigenvalue weighted by atomic mass is 9.81. The molecule has 1 aliphatic rings. The maximum absolute atomic E-state index is 4.55. The normalized spacial score (nSPS) is 24.1. The molecule has 1 N–H and O–H groups in total. The maximum atomic E-state index is 4.55. The first-order valence-corrected chi connectivity index (χ1v) is 7.18. The highest BCUT2D eigenvalue weighted by molar-refractivity contribution is 5.27. The van der Waals surface area contributed by atoms with Gasteiger partial charge < -0.3 is 5.32 Å². The lowest BCUT2D eigenvalue weighted by Crippen LogP contribution is -2.43. The SMILES string of the molecule is Cc1nn(C)c(C)c1CC1(CC(C)C)CCCN1. The van der Waals surface area contributed by atoms with E-state index in [-0.39, 0.29) is 0 Å². The van der Waals surface area contributed by atoms with Gasteiger partial charge in [0, 0.05) is 18.3 Å². The number of aromatic nitrogens is 2. The molecule has 1 aromatic heterocycles. The van der Waals surface area contributed by atoms with Crippen molar-refractivity contribution in [1.82, 2.24) is 15.1 Å². The van der Waals surface area contributed by atoms with Crippen LogP contribution in [0.2, 0.25) is 0 Å². The van der Waals surface area contributed by atoms with Crippen LogP contribution in [0.5, 0.6) is 0 Å². The fourth-order valence-electron chi connectivity index (χ4n) is 3.46. The summed E-state index contributed by atoms with van der Waals surface area (Å²) in [6.07, 6.45) is 5.02. The molecule has 1 aliphatic heterocycles. The summed E-state index contributed by atoms with van der Waals surface area (Å²) in [4.78, 5) is 0. The molecular formula is C15H27N3. The minimum atomic E-state index is 0.312. The number of nitrogens with one attached hydrogen (secondary N) is 1. The van der Waals surface area contributed by atoms with E-state index in [9.17, 15) is 0 Å². The predicted molar refractivity (Wildman–Crippen MR) is 75.8 cm³/mol. The average Bonchev–Trinajstić information content (AvgIpc) is 2.80. The van der Waals surface area contributed by atoms with Crippen LogP contribution in [0.4, 0.5) is 0 Å². The zero-order valence-corrected chi connectivity index (χ0v) is 12.5. The van der Waals surface area contributed by atoms with Gasteiger partial charge in [-0.05, 0) is 57.6 Å². The summed E-state index contributed by atoms with van der Waals surface area (Å²) < 4.78 is 2.02. The van der Waals surface area contributed by atoms with Gasteiger partial charge in [-0.3, -0.25) is 4.68 Å². The zero-order valence-electron chi connectivity index (χ0n) is 12.5. The van der Waals surface area contributed by atoms with E-state index in [1.54, 1.807) is 0 Å². The van der Waals surface area contributed by atoms with Crippen molar-refractivity contribution in [1.29, 1.82) is 0 Å². The first kappa shape index (κ1) is 13.6. The van der Waals surface area contributed by atoms with Gasteiger partial charge in [0.05, 0.1) is 5.69 Å². The Morgan fingerprint density at radius 1 is 1.39 bits per heavy atom. The second-order valence-corrected chi connectivity index (χ2v) is 6.36. The number of hydrogen-bond donors (Lipinski definition) is 1. The summed E-state index contributed by atoms with van der Waals surface area (Å²) in [6.45, 7) is 10.1. The Labute approximate surface area is 111 Å². The smallest absolute Gasteiger partial charge is 0.0629 e. The van der Waals surface area contributed by atoms with E-state index in [1.807, 2.05) is 11.7 Å². The first-order valence-electron chi connectivity index (χ1n) is 7.18. The molecule has 1 atom stereocenters. The van der Waals surface area contributed by atoms with Gasteiger partial charge in [0.2, 0.25) is 0 Å². The van der Waals surface area contributed by atoms with E-state index < -0.39 is 0 Å². The number of rotatable bonds is 4. The van der Waals surface area contributed by atoms with Crippen molar-refractivity contribution in [3.8, 4) is 0 Å². The first-order chi connectivity index (χ1) is 8.43. The van der Waals surface area contributed by atoms with E-state index in [0.29, 0.717) is 5.54 Å². The maximum Gasteiger partial charge on any atom is 0.0629 e. The van der Waals surface area contributed by atoms with Gasteiger partial charge >= 0.3 is 0 Å². The standard InChI is InChI=1S/C15H27N3/c1-11(2)9-15(7-6-8-16-15)10-14-12(3)17-18(5)13(14)4/h11,16H,6-10H2,1-5H3. The Hall–Kier alpha value is -0.830. The number of aryl methyl sites for hydroxylation is 2. The van der Waals surface area contributed by atoms with E-state index in [1.165, 1.54) is 42.8 Å². The van der Waals surface area contributed by atoms with Crippen LogP contribution >= 0.6 is 0 Å². The van der Waals surface area contributed by atoms with Crippen LogP contribution in [0.1, 0.15) is 50.1 Å². The summed E-state index contributed by atoms with van der Waals surface area (Å²) >= 11 is 0. The fraction of sp³-hybridized carbons (Fsp3) is 0.800. The molecule has 0 bridgehead atoms. The summed E-state index contributed by atoms with van der Waals surface area (Å²) in [7, 11) is 2.04. The minimum Gasteiger partial charge on any atom is -0.311 e. The van der Waals surface area contributed by atoms with Crippen LogP contribution in [0.25, 0.3) is 0 Å². The van der Waals surface area contributed by atoms with E-state index >= 15 is 0 Å². The lowest BCUT2D eigenvalue weighted by molar-refractivity contribution is 0.300. The minimum absolute atomic E-state index is 0.312. The van der Waals surface area contributed by atoms with Crippen LogP contribution in [-0.4, -0.2) is 21.9 Å². The van der Waals surface area contributed by atoms with Crippen LogP contribution < -0.4 is 5.32 Å². The molecule has 0 aliphatic carbocycles. The summed E-state index contributed by atoms with van der Waals surface area (Å²) in [5.41, 5.74) is 4.29. The monoisotopic (exact) mass is 249 g/mol. The van der Waals surface area contributed by atoms with Crippen molar-refractivity contribution >= 4 is 0 Å². The third kappa shape index (κ3) is 2.61. The quantitative estimate of drug-likeness (QED) is 0.889. The van der Waals surface area contributed by atoms with Crippen molar-refractivity contribution in [2.45, 2.75) is 58.9 Å². The van der Waals surface area contributed by atoms with E-state index in [2.05, 4.69) is 38.1 Å².